The zero-order chi connectivity index (χ0) is 54.5. The average molecular weight is 1060 g/mol. The van der Waals surface area contributed by atoms with Crippen molar-refractivity contribution in [3.05, 3.63) is 279 Å². The number of anilines is 3. The SMILES string of the molecule is c1ccc(-c2ccc(N3c4ccc(-c5ccccc5)cc4B4c5c3cc3c6c5-n5c7c(cccc7c7c5c4cc4c5ccccc5n(-c5ccccc5)c47)B6c4cc(-c5ccccc5)cc5c6cc(-c7ccccc7)ccc6n-3c45)cc2)cc1. The van der Waals surface area contributed by atoms with Gasteiger partial charge in [0.2, 0.25) is 0 Å². The van der Waals surface area contributed by atoms with E-state index in [2.05, 4.69) is 298 Å². The summed E-state index contributed by atoms with van der Waals surface area (Å²) in [7, 11) is 0. The molecule has 0 unspecified atom stereocenters. The first-order valence-corrected chi connectivity index (χ1v) is 29.4. The van der Waals surface area contributed by atoms with Crippen LogP contribution >= 0.6 is 0 Å². The Morgan fingerprint density at radius 2 is 0.750 bits per heavy atom. The van der Waals surface area contributed by atoms with E-state index in [1.165, 1.54) is 165 Å². The van der Waals surface area contributed by atoms with Crippen molar-refractivity contribution >= 4 is 129 Å². The fourth-order valence-corrected chi connectivity index (χ4v) is 16.0. The zero-order valence-electron chi connectivity index (χ0n) is 45.5. The number of rotatable bonds is 6. The van der Waals surface area contributed by atoms with E-state index in [4.69, 9.17) is 0 Å². The Kier molecular flexibility index (Phi) is 8.78. The lowest BCUT2D eigenvalue weighted by Gasteiger charge is -2.44. The lowest BCUT2D eigenvalue weighted by molar-refractivity contribution is 1.14. The molecule has 3 aromatic heterocycles. The van der Waals surface area contributed by atoms with Gasteiger partial charge in [0.05, 0.1) is 22.1 Å². The predicted octanol–water partition coefficient (Wildman–Crippen LogP) is 15.4. The Morgan fingerprint density at radius 3 is 1.48 bits per heavy atom. The Hall–Kier alpha value is -10.8. The molecule has 0 fully saturated rings. The van der Waals surface area contributed by atoms with Crippen molar-refractivity contribution in [2.75, 3.05) is 4.90 Å². The molecule has 0 saturated heterocycles. The average Bonchev–Trinajstić information content (AvgIpc) is 1.40. The molecule has 4 aliphatic rings. The number of fused-ring (bicyclic) bond motifs is 14. The van der Waals surface area contributed by atoms with Crippen molar-refractivity contribution < 1.29 is 0 Å². The molecular formula is C78H46B2N4. The molecule has 84 heavy (non-hydrogen) atoms. The minimum Gasteiger partial charge on any atom is -0.311 e. The molecule has 0 aliphatic carbocycles. The van der Waals surface area contributed by atoms with Crippen molar-refractivity contribution in [2.45, 2.75) is 0 Å². The van der Waals surface area contributed by atoms with Crippen LogP contribution in [0.2, 0.25) is 0 Å². The summed E-state index contributed by atoms with van der Waals surface area (Å²) in [6, 6.07) is 105. The molecule has 0 radical (unpaired) electrons. The first-order chi connectivity index (χ1) is 41.7. The topological polar surface area (TPSA) is 18.0 Å². The van der Waals surface area contributed by atoms with Crippen LogP contribution in [-0.2, 0) is 0 Å². The summed E-state index contributed by atoms with van der Waals surface area (Å²) in [5.41, 5.74) is 32.6. The zero-order valence-corrected chi connectivity index (χ0v) is 45.5. The third-order valence-electron chi connectivity index (χ3n) is 19.3. The highest BCUT2D eigenvalue weighted by Gasteiger charge is 2.50. The van der Waals surface area contributed by atoms with E-state index >= 15 is 0 Å². The Labute approximate surface area is 485 Å². The Bertz CT molecular complexity index is 5530. The van der Waals surface area contributed by atoms with Crippen LogP contribution in [0.15, 0.2) is 279 Å². The lowest BCUT2D eigenvalue weighted by atomic mass is 9.29. The first-order valence-electron chi connectivity index (χ1n) is 29.4. The fraction of sp³-hybridized carbons (Fsp3) is 0. The number of hydrogen-bond acceptors (Lipinski definition) is 1. The third kappa shape index (κ3) is 5.79. The highest BCUT2D eigenvalue weighted by atomic mass is 15.2. The van der Waals surface area contributed by atoms with Crippen LogP contribution in [0.1, 0.15) is 0 Å². The van der Waals surface area contributed by atoms with Crippen LogP contribution in [0, 0.1) is 0 Å². The summed E-state index contributed by atoms with van der Waals surface area (Å²) in [5, 5.41) is 7.67. The molecule has 4 nitrogen and oxygen atoms in total. The summed E-state index contributed by atoms with van der Waals surface area (Å²) < 4.78 is 8.00. The molecule has 0 bridgehead atoms. The summed E-state index contributed by atoms with van der Waals surface area (Å²) in [5.74, 6) is 0. The van der Waals surface area contributed by atoms with Crippen LogP contribution in [0.4, 0.5) is 17.1 Å². The molecular weight excluding hydrogens is 1010 g/mol. The van der Waals surface area contributed by atoms with Crippen LogP contribution in [0.25, 0.3) is 127 Å². The van der Waals surface area contributed by atoms with Gasteiger partial charge in [0.25, 0.3) is 13.4 Å². The van der Waals surface area contributed by atoms with Gasteiger partial charge in [0.15, 0.2) is 0 Å². The molecule has 0 N–H and O–H groups in total. The molecule has 0 saturated carbocycles. The minimum atomic E-state index is -0.115. The molecule has 4 aliphatic heterocycles. The van der Waals surface area contributed by atoms with Gasteiger partial charge in [0, 0.05) is 77.5 Å². The van der Waals surface area contributed by atoms with E-state index in [0.29, 0.717) is 0 Å². The van der Waals surface area contributed by atoms with Gasteiger partial charge in [-0.1, -0.05) is 218 Å². The van der Waals surface area contributed by atoms with Gasteiger partial charge in [-0.25, -0.2) is 0 Å². The van der Waals surface area contributed by atoms with Crippen molar-refractivity contribution in [2.24, 2.45) is 0 Å². The van der Waals surface area contributed by atoms with Crippen molar-refractivity contribution in [1.29, 1.82) is 0 Å². The molecule has 7 heterocycles. The maximum absolute atomic E-state index is 2.78. The summed E-state index contributed by atoms with van der Waals surface area (Å²) >= 11 is 0. The lowest BCUT2D eigenvalue weighted by Crippen LogP contribution is -2.67. The number of aromatic nitrogens is 3. The van der Waals surface area contributed by atoms with Gasteiger partial charge < -0.3 is 18.6 Å². The second-order valence-corrected chi connectivity index (χ2v) is 23.5. The van der Waals surface area contributed by atoms with E-state index in [0.717, 1.165) is 11.4 Å². The standard InChI is InChI=1S/C78H46B2N4/c1-6-19-47(20-7-1)51-33-37-56(38-34-51)81-68-40-36-53(49-23-10-3-11-24-49)43-63(68)80-65-45-61-57-29-16-17-32-66(57)82(55-27-14-5-15-28-55)76(61)71-58-30-18-31-62-74(58)84(77(65)71)78-72(80)69(81)46-70-73(78)79(62)64-44-54(50-25-12-4-13-26-50)42-60-59-41-52(48-21-8-2-9-22-48)35-39-67(59)83(70)75(60)64/h1-46H. The van der Waals surface area contributed by atoms with Crippen LogP contribution in [-0.4, -0.2) is 27.1 Å². The van der Waals surface area contributed by atoms with Gasteiger partial charge in [0.1, 0.15) is 0 Å². The van der Waals surface area contributed by atoms with Crippen molar-refractivity contribution in [1.82, 2.24) is 13.7 Å². The normalized spacial score (nSPS) is 13.2. The molecule has 6 heteroatoms. The van der Waals surface area contributed by atoms with Crippen LogP contribution in [0.5, 0.6) is 0 Å². The van der Waals surface area contributed by atoms with E-state index in [-0.39, 0.29) is 13.4 Å². The Balaban J connectivity index is 0.992. The van der Waals surface area contributed by atoms with Crippen LogP contribution in [0.3, 0.4) is 0 Å². The van der Waals surface area contributed by atoms with Gasteiger partial charge in [-0.2, -0.15) is 0 Å². The van der Waals surface area contributed by atoms with E-state index < -0.39 is 0 Å². The second-order valence-electron chi connectivity index (χ2n) is 23.5. The molecule has 20 rings (SSSR count). The molecule has 13 aromatic carbocycles. The largest absolute Gasteiger partial charge is 0.311 e. The molecule has 16 aromatic rings. The third-order valence-corrected chi connectivity index (χ3v) is 19.3. The predicted molar refractivity (Wildman–Crippen MR) is 355 cm³/mol. The monoisotopic (exact) mass is 1060 g/mol. The second kappa shape index (κ2) is 16.4. The molecule has 0 amide bonds. The number of hydrogen-bond donors (Lipinski definition) is 0. The van der Waals surface area contributed by atoms with Gasteiger partial charge in [-0.05, 0) is 138 Å². The maximum atomic E-state index is 2.78. The van der Waals surface area contributed by atoms with E-state index in [9.17, 15) is 0 Å². The number of para-hydroxylation sites is 3. The van der Waals surface area contributed by atoms with Crippen LogP contribution < -0.4 is 37.7 Å². The van der Waals surface area contributed by atoms with Crippen molar-refractivity contribution in [3.63, 3.8) is 0 Å². The Morgan fingerprint density at radius 1 is 0.238 bits per heavy atom. The highest BCUT2D eigenvalue weighted by Crippen LogP contribution is 2.49. The quantitative estimate of drug-likeness (QED) is 0.152. The molecule has 0 spiro atoms. The summed E-state index contributed by atoms with van der Waals surface area (Å²) in [4.78, 5) is 2.62. The van der Waals surface area contributed by atoms with E-state index in [1.807, 2.05) is 0 Å². The van der Waals surface area contributed by atoms with Crippen molar-refractivity contribution in [3.8, 4) is 61.6 Å². The smallest absolute Gasteiger partial charge is 0.252 e. The van der Waals surface area contributed by atoms with Gasteiger partial charge >= 0.3 is 0 Å². The van der Waals surface area contributed by atoms with Gasteiger partial charge in [-0.15, -0.1) is 0 Å². The highest BCUT2D eigenvalue weighted by molar-refractivity contribution is 7.04. The molecule has 0 atom stereocenters. The summed E-state index contributed by atoms with van der Waals surface area (Å²) in [6.07, 6.45) is 0. The molecule has 384 valence electrons. The number of nitrogens with zero attached hydrogens (tertiary/aromatic N) is 4. The van der Waals surface area contributed by atoms with E-state index in [1.54, 1.807) is 0 Å². The first kappa shape index (κ1) is 44.9. The minimum absolute atomic E-state index is 0.0780. The number of benzene rings is 13. The fourth-order valence-electron chi connectivity index (χ4n) is 16.0. The maximum Gasteiger partial charge on any atom is 0.252 e. The van der Waals surface area contributed by atoms with Gasteiger partial charge in [-0.3, -0.25) is 0 Å². The summed E-state index contributed by atoms with van der Waals surface area (Å²) in [6.45, 7) is -0.193.